The van der Waals surface area contributed by atoms with Gasteiger partial charge in [0.25, 0.3) is 0 Å². The van der Waals surface area contributed by atoms with Crippen LogP contribution in [0.1, 0.15) is 16.4 Å². The molecule has 0 N–H and O–H groups in total. The van der Waals surface area contributed by atoms with Gasteiger partial charge in [-0.05, 0) is 22.8 Å². The molecule has 0 aliphatic carbocycles. The van der Waals surface area contributed by atoms with Crippen molar-refractivity contribution in [1.29, 1.82) is 0 Å². The van der Waals surface area contributed by atoms with Crippen LogP contribution in [0.3, 0.4) is 0 Å². The second kappa shape index (κ2) is 2.31. The predicted molar refractivity (Wildman–Crippen MR) is 35.6 cm³/mol. The highest BCUT2D eigenvalue weighted by atomic mass is 79.9. The first kappa shape index (κ1) is 1.59. The highest BCUT2D eigenvalue weighted by Gasteiger charge is 1.87. The van der Waals surface area contributed by atoms with Crippen molar-refractivity contribution in [3.8, 4) is 0 Å². The normalized spacial score (nSPS) is 25.9. The number of rotatable bonds is 1. The summed E-state index contributed by atoms with van der Waals surface area (Å²) in [5, 5.41) is 0. The Labute approximate surface area is 66.5 Å². The molecule has 2 nitrogen and oxygen atoms in total. The van der Waals surface area contributed by atoms with Crippen LogP contribution in [-0.2, 0) is 6.50 Å². The van der Waals surface area contributed by atoms with Gasteiger partial charge in [0.1, 0.15) is 5.97 Å². The Morgan fingerprint density at radius 1 is 2.38 bits per heavy atom. The lowest BCUT2D eigenvalue weighted by Crippen LogP contribution is -1.86. The van der Waals surface area contributed by atoms with Crippen LogP contribution in [0.25, 0.3) is 0 Å². The lowest BCUT2D eigenvalue weighted by molar-refractivity contribution is 0.761. The molecular formula is C5H7BrN2. The van der Waals surface area contributed by atoms with Crippen molar-refractivity contribution in [1.82, 2.24) is 9.55 Å². The van der Waals surface area contributed by atoms with E-state index in [2.05, 4.69) is 20.9 Å². The van der Waals surface area contributed by atoms with Crippen LogP contribution in [0.2, 0.25) is 0 Å². The molecule has 0 unspecified atom stereocenters. The highest BCUT2D eigenvalue weighted by Crippen LogP contribution is 2.02. The van der Waals surface area contributed by atoms with Crippen molar-refractivity contribution in [2.75, 3.05) is 0 Å². The molecule has 1 heterocycles. The summed E-state index contributed by atoms with van der Waals surface area (Å²) in [5.74, 6) is 0. The molecule has 3 heteroatoms. The minimum absolute atomic E-state index is 0.0550. The molecule has 0 atom stereocenters. The minimum Gasteiger partial charge on any atom is -0.337 e. The molecule has 1 aromatic heterocycles. The van der Waals surface area contributed by atoms with Crippen molar-refractivity contribution < 1.29 is 9.60 Å². The molecule has 1 aromatic rings. The molecule has 0 saturated heterocycles. The standard InChI is InChI=1S/C5H7BrN2/c1-2-8-3-5(6)7-4-8/h3-4H,2H2,1H3/i1D3,2D2,3D,4D. The van der Waals surface area contributed by atoms with E-state index in [9.17, 15) is 0 Å². The fourth-order valence-corrected chi connectivity index (χ4v) is 0.546. The molecule has 0 radical (unpaired) electrons. The summed E-state index contributed by atoms with van der Waals surface area (Å²) in [7, 11) is 0. The summed E-state index contributed by atoms with van der Waals surface area (Å²) in [5.41, 5.74) is 0. The van der Waals surface area contributed by atoms with Crippen molar-refractivity contribution >= 4 is 15.9 Å². The van der Waals surface area contributed by atoms with E-state index in [1.807, 2.05) is 0 Å². The number of imidazole rings is 1. The molecule has 1 rings (SSSR count). The van der Waals surface area contributed by atoms with Gasteiger partial charge in [-0.3, -0.25) is 0 Å². The summed E-state index contributed by atoms with van der Waals surface area (Å²) in [6.45, 7) is -5.78. The van der Waals surface area contributed by atoms with Gasteiger partial charge in [-0.1, -0.05) is 0 Å². The fourth-order valence-electron chi connectivity index (χ4n) is 0.289. The topological polar surface area (TPSA) is 17.8 Å². The number of halogens is 1. The molecule has 44 valence electrons. The van der Waals surface area contributed by atoms with Crippen LogP contribution in [0.4, 0.5) is 0 Å². The second-order valence-electron chi connectivity index (χ2n) is 1.06. The van der Waals surface area contributed by atoms with E-state index >= 15 is 0 Å². The van der Waals surface area contributed by atoms with Gasteiger partial charge >= 0.3 is 0 Å². The molecule has 0 aliphatic heterocycles. The molecule has 0 fully saturated rings. The van der Waals surface area contributed by atoms with E-state index < -0.39 is 25.8 Å². The maximum atomic E-state index is 7.40. The number of hydrogen-bond donors (Lipinski definition) is 0. The van der Waals surface area contributed by atoms with Gasteiger partial charge in [-0.25, -0.2) is 4.98 Å². The monoisotopic (exact) mass is 181 g/mol. The molecule has 0 aliphatic rings. The molecule has 0 spiro atoms. The number of hydrogen-bond acceptors (Lipinski definition) is 1. The average Bonchev–Trinajstić information content (AvgIpc) is 2.24. The summed E-state index contributed by atoms with van der Waals surface area (Å²) in [4.78, 5) is 3.46. The van der Waals surface area contributed by atoms with Crippen LogP contribution in [0.5, 0.6) is 0 Å². The molecular weight excluding hydrogens is 168 g/mol. The first-order chi connectivity index (χ1) is 6.59. The smallest absolute Gasteiger partial charge is 0.124 e. The van der Waals surface area contributed by atoms with Crippen LogP contribution < -0.4 is 0 Å². The quantitative estimate of drug-likeness (QED) is 0.645. The van der Waals surface area contributed by atoms with Crippen LogP contribution in [0, 0.1) is 0 Å². The Morgan fingerprint density at radius 3 is 3.75 bits per heavy atom. The third kappa shape index (κ3) is 1.10. The summed E-state index contributed by atoms with van der Waals surface area (Å²) in [6, 6.07) is 0. The largest absolute Gasteiger partial charge is 0.337 e. The van der Waals surface area contributed by atoms with Gasteiger partial charge in [-0.15, -0.1) is 0 Å². The van der Waals surface area contributed by atoms with Crippen molar-refractivity contribution in [2.24, 2.45) is 0 Å². The SMILES string of the molecule is [2H]c1nc(Br)c([2H])n1C([2H])([2H])C([2H])([2H])[2H]. The zero-order valence-corrected chi connectivity index (χ0v) is 5.36. The van der Waals surface area contributed by atoms with Gasteiger partial charge in [0.2, 0.25) is 0 Å². The lowest BCUT2D eigenvalue weighted by Gasteiger charge is -1.88. The third-order valence-electron chi connectivity index (χ3n) is 0.564. The Balaban J connectivity index is 3.39. The molecule has 0 bridgehead atoms. The fraction of sp³-hybridized carbons (Fsp3) is 0.400. The third-order valence-corrected chi connectivity index (χ3v) is 0.919. The highest BCUT2D eigenvalue weighted by molar-refractivity contribution is 9.10. The maximum Gasteiger partial charge on any atom is 0.124 e. The molecule has 0 amide bonds. The maximum absolute atomic E-state index is 7.40. The van der Waals surface area contributed by atoms with E-state index in [4.69, 9.17) is 9.60 Å². The van der Waals surface area contributed by atoms with E-state index in [1.165, 1.54) is 0 Å². The van der Waals surface area contributed by atoms with E-state index in [-0.39, 0.29) is 4.60 Å². The van der Waals surface area contributed by atoms with Gasteiger partial charge in [-0.2, -0.15) is 0 Å². The predicted octanol–water partition coefficient (Wildman–Crippen LogP) is 1.67. The number of nitrogens with zero attached hydrogens (tertiary/aromatic N) is 2. The van der Waals surface area contributed by atoms with E-state index in [0.29, 0.717) is 4.57 Å². The summed E-state index contributed by atoms with van der Waals surface area (Å²) >= 11 is 2.84. The summed E-state index contributed by atoms with van der Waals surface area (Å²) < 4.78 is 50.8. The Kier molecular flexibility index (Phi) is 0.460. The number of aromatic nitrogens is 2. The molecule has 0 aromatic carbocycles. The van der Waals surface area contributed by atoms with E-state index in [1.54, 1.807) is 0 Å². The van der Waals surface area contributed by atoms with E-state index in [0.717, 1.165) is 0 Å². The van der Waals surface area contributed by atoms with Gasteiger partial charge in [0.05, 0.1) is 7.67 Å². The van der Waals surface area contributed by atoms with Crippen molar-refractivity contribution in [3.05, 3.63) is 17.1 Å². The molecule has 8 heavy (non-hydrogen) atoms. The summed E-state index contributed by atoms with van der Waals surface area (Å²) in [6.07, 6.45) is -1.07. The van der Waals surface area contributed by atoms with Crippen molar-refractivity contribution in [3.63, 3.8) is 0 Å². The van der Waals surface area contributed by atoms with Crippen LogP contribution >= 0.6 is 15.9 Å². The van der Waals surface area contributed by atoms with Crippen LogP contribution in [-0.4, -0.2) is 9.55 Å². The molecule has 0 saturated carbocycles. The zero-order chi connectivity index (χ0) is 12.0. The Hall–Kier alpha value is -0.310. The van der Waals surface area contributed by atoms with Gasteiger partial charge in [0, 0.05) is 19.5 Å². The zero-order valence-electron chi connectivity index (χ0n) is 10.8. The Morgan fingerprint density at radius 2 is 3.25 bits per heavy atom. The van der Waals surface area contributed by atoms with Gasteiger partial charge in [0.15, 0.2) is 0 Å². The first-order valence-electron chi connectivity index (χ1n) is 5.31. The van der Waals surface area contributed by atoms with Gasteiger partial charge < -0.3 is 4.57 Å². The van der Waals surface area contributed by atoms with Crippen molar-refractivity contribution in [2.45, 2.75) is 13.3 Å². The first-order valence-corrected chi connectivity index (χ1v) is 2.60. The minimum atomic E-state index is -2.96. The second-order valence-corrected chi connectivity index (χ2v) is 1.81. The average molecular weight is 182 g/mol. The Bertz CT molecular complexity index is 381. The lowest BCUT2D eigenvalue weighted by atomic mass is 10.7. The van der Waals surface area contributed by atoms with Crippen LogP contribution in [0.15, 0.2) is 17.1 Å².